The van der Waals surface area contributed by atoms with Crippen molar-refractivity contribution in [3.8, 4) is 5.75 Å². The Morgan fingerprint density at radius 1 is 1.33 bits per heavy atom. The fraction of sp³-hybridized carbons (Fsp3) is 0.300. The standard InChI is InChI=1S/C20H19BrN2O3S/c1-25-15-7-4-13(5-8-15)19(24)23(12-16-3-2-10-26-16)20-22-17-9-6-14(21)11-18(17)27-20/h4-9,11,16H,2-3,10,12H2,1H3. The van der Waals surface area contributed by atoms with Crippen LogP contribution in [0.15, 0.2) is 46.9 Å². The van der Waals surface area contributed by atoms with Crippen LogP contribution in [-0.2, 0) is 4.74 Å². The van der Waals surface area contributed by atoms with Crippen molar-refractivity contribution in [2.24, 2.45) is 0 Å². The van der Waals surface area contributed by atoms with Crippen LogP contribution >= 0.6 is 27.3 Å². The second kappa shape index (κ2) is 7.96. The van der Waals surface area contributed by atoms with Crippen molar-refractivity contribution in [2.75, 3.05) is 25.2 Å². The lowest BCUT2D eigenvalue weighted by Crippen LogP contribution is -2.37. The van der Waals surface area contributed by atoms with Crippen molar-refractivity contribution < 1.29 is 14.3 Å². The van der Waals surface area contributed by atoms with Crippen LogP contribution < -0.4 is 9.64 Å². The number of ether oxygens (including phenoxy) is 2. The maximum absolute atomic E-state index is 13.3. The van der Waals surface area contributed by atoms with Gasteiger partial charge in [-0.15, -0.1) is 0 Å². The molecule has 0 spiro atoms. The first kappa shape index (κ1) is 18.4. The highest BCUT2D eigenvalue weighted by atomic mass is 79.9. The predicted molar refractivity (Wildman–Crippen MR) is 111 cm³/mol. The molecule has 3 aromatic rings. The van der Waals surface area contributed by atoms with E-state index in [4.69, 9.17) is 14.5 Å². The first-order valence-corrected chi connectivity index (χ1v) is 10.4. The molecule has 0 radical (unpaired) electrons. The van der Waals surface area contributed by atoms with Gasteiger partial charge in [-0.25, -0.2) is 4.98 Å². The van der Waals surface area contributed by atoms with Crippen molar-refractivity contribution in [3.05, 3.63) is 52.5 Å². The van der Waals surface area contributed by atoms with E-state index in [9.17, 15) is 4.79 Å². The average molecular weight is 447 g/mol. The van der Waals surface area contributed by atoms with Gasteiger partial charge in [0.15, 0.2) is 5.13 Å². The lowest BCUT2D eigenvalue weighted by Gasteiger charge is -2.23. The van der Waals surface area contributed by atoms with E-state index < -0.39 is 0 Å². The third-order valence-electron chi connectivity index (χ3n) is 4.56. The maximum atomic E-state index is 13.3. The lowest BCUT2D eigenvalue weighted by molar-refractivity contribution is 0.0917. The maximum Gasteiger partial charge on any atom is 0.260 e. The van der Waals surface area contributed by atoms with Gasteiger partial charge < -0.3 is 9.47 Å². The molecule has 1 saturated heterocycles. The molecule has 1 unspecified atom stereocenters. The van der Waals surface area contributed by atoms with Crippen molar-refractivity contribution in [1.29, 1.82) is 0 Å². The molecule has 7 heteroatoms. The summed E-state index contributed by atoms with van der Waals surface area (Å²) in [7, 11) is 1.61. The number of fused-ring (bicyclic) bond motifs is 1. The largest absolute Gasteiger partial charge is 0.497 e. The number of thiazole rings is 1. The van der Waals surface area contributed by atoms with Gasteiger partial charge in [0.25, 0.3) is 5.91 Å². The van der Waals surface area contributed by atoms with Crippen LogP contribution in [0.4, 0.5) is 5.13 Å². The Morgan fingerprint density at radius 2 is 2.15 bits per heavy atom. The number of rotatable bonds is 5. The zero-order valence-electron chi connectivity index (χ0n) is 14.9. The molecule has 0 saturated carbocycles. The smallest absolute Gasteiger partial charge is 0.260 e. The van der Waals surface area contributed by atoms with Crippen LogP contribution in [-0.4, -0.2) is 37.3 Å². The Balaban J connectivity index is 1.69. The summed E-state index contributed by atoms with van der Waals surface area (Å²) in [5.41, 5.74) is 1.49. The van der Waals surface area contributed by atoms with Gasteiger partial charge in [0.2, 0.25) is 0 Å². The van der Waals surface area contributed by atoms with Gasteiger partial charge in [0.1, 0.15) is 5.75 Å². The van der Waals surface area contributed by atoms with E-state index in [1.807, 2.05) is 18.2 Å². The number of hydrogen-bond acceptors (Lipinski definition) is 5. The van der Waals surface area contributed by atoms with Crippen LogP contribution in [0.25, 0.3) is 10.2 Å². The van der Waals surface area contributed by atoms with Crippen LogP contribution in [0.1, 0.15) is 23.2 Å². The zero-order valence-corrected chi connectivity index (χ0v) is 17.3. The molecule has 0 bridgehead atoms. The van der Waals surface area contributed by atoms with Crippen molar-refractivity contribution in [3.63, 3.8) is 0 Å². The number of benzene rings is 2. The summed E-state index contributed by atoms with van der Waals surface area (Å²) >= 11 is 5.01. The molecular weight excluding hydrogens is 428 g/mol. The van der Waals surface area contributed by atoms with Gasteiger partial charge in [-0.05, 0) is 55.3 Å². The number of carbonyl (C=O) groups is 1. The first-order chi connectivity index (χ1) is 13.1. The number of carbonyl (C=O) groups excluding carboxylic acids is 1. The third kappa shape index (κ3) is 4.00. The van der Waals surface area contributed by atoms with Gasteiger partial charge in [0.05, 0.1) is 30.0 Å². The van der Waals surface area contributed by atoms with E-state index in [1.165, 1.54) is 11.3 Å². The van der Waals surface area contributed by atoms with Crippen molar-refractivity contribution in [1.82, 2.24) is 4.98 Å². The normalized spacial score (nSPS) is 16.6. The Morgan fingerprint density at radius 3 is 2.85 bits per heavy atom. The second-order valence-electron chi connectivity index (χ2n) is 6.39. The molecule has 0 aliphatic carbocycles. The first-order valence-electron chi connectivity index (χ1n) is 8.77. The molecule has 2 heterocycles. The summed E-state index contributed by atoms with van der Waals surface area (Å²) in [4.78, 5) is 19.7. The fourth-order valence-electron chi connectivity index (χ4n) is 3.13. The number of nitrogens with zero attached hydrogens (tertiary/aromatic N) is 2. The third-order valence-corrected chi connectivity index (χ3v) is 6.10. The van der Waals surface area contributed by atoms with Crippen molar-refractivity contribution in [2.45, 2.75) is 18.9 Å². The Hall–Kier alpha value is -1.96. The molecule has 5 nitrogen and oxygen atoms in total. The molecule has 2 aromatic carbocycles. The Bertz CT molecular complexity index is 952. The molecule has 4 rings (SSSR count). The molecule has 1 aliphatic rings. The summed E-state index contributed by atoms with van der Waals surface area (Å²) in [6.45, 7) is 1.26. The van der Waals surface area contributed by atoms with Crippen LogP contribution in [0.3, 0.4) is 0 Å². The fourth-order valence-corrected chi connectivity index (χ4v) is 4.66. The zero-order chi connectivity index (χ0) is 18.8. The molecule has 1 aliphatic heterocycles. The van der Waals surface area contributed by atoms with Gasteiger partial charge in [-0.2, -0.15) is 0 Å². The van der Waals surface area contributed by atoms with Crippen LogP contribution in [0, 0.1) is 0 Å². The minimum atomic E-state index is -0.0775. The molecule has 140 valence electrons. The minimum absolute atomic E-state index is 0.0472. The number of methoxy groups -OCH3 is 1. The number of amides is 1. The van der Waals surface area contributed by atoms with E-state index in [1.54, 1.807) is 36.3 Å². The monoisotopic (exact) mass is 446 g/mol. The summed E-state index contributed by atoms with van der Waals surface area (Å²) in [5, 5.41) is 0.694. The molecule has 1 fully saturated rings. The number of anilines is 1. The van der Waals surface area contributed by atoms with Gasteiger partial charge in [-0.3, -0.25) is 9.69 Å². The SMILES string of the molecule is COc1ccc(C(=O)N(CC2CCCO2)c2nc3ccc(Br)cc3s2)cc1. The molecular formula is C20H19BrN2O3S. The van der Waals surface area contributed by atoms with Crippen LogP contribution in [0.2, 0.25) is 0 Å². The van der Waals surface area contributed by atoms with Gasteiger partial charge in [0, 0.05) is 16.6 Å². The van der Waals surface area contributed by atoms with E-state index in [2.05, 4.69) is 15.9 Å². The lowest BCUT2D eigenvalue weighted by atomic mass is 10.1. The number of halogens is 1. The predicted octanol–water partition coefficient (Wildman–Crippen LogP) is 4.89. The summed E-state index contributed by atoms with van der Waals surface area (Å²) in [5.74, 6) is 0.647. The van der Waals surface area contributed by atoms with E-state index in [-0.39, 0.29) is 12.0 Å². The molecule has 27 heavy (non-hydrogen) atoms. The molecule has 1 aromatic heterocycles. The summed E-state index contributed by atoms with van der Waals surface area (Å²) in [6, 6.07) is 13.1. The molecule has 0 N–H and O–H groups in total. The van der Waals surface area contributed by atoms with Gasteiger partial charge >= 0.3 is 0 Å². The average Bonchev–Trinajstić information content (AvgIpc) is 3.34. The summed E-state index contributed by atoms with van der Waals surface area (Å²) < 4.78 is 13.0. The second-order valence-corrected chi connectivity index (χ2v) is 8.31. The highest BCUT2D eigenvalue weighted by Gasteiger charge is 2.27. The molecule has 1 amide bonds. The summed E-state index contributed by atoms with van der Waals surface area (Å²) in [6.07, 6.45) is 2.04. The highest BCUT2D eigenvalue weighted by molar-refractivity contribution is 9.10. The van der Waals surface area contributed by atoms with E-state index >= 15 is 0 Å². The van der Waals surface area contributed by atoms with Crippen LogP contribution in [0.5, 0.6) is 5.75 Å². The molecule has 1 atom stereocenters. The van der Waals surface area contributed by atoms with E-state index in [0.717, 1.165) is 39.9 Å². The highest BCUT2D eigenvalue weighted by Crippen LogP contribution is 2.32. The number of aromatic nitrogens is 1. The van der Waals surface area contributed by atoms with Gasteiger partial charge in [-0.1, -0.05) is 27.3 Å². The Labute approximate surface area is 170 Å². The quantitative estimate of drug-likeness (QED) is 0.559. The topological polar surface area (TPSA) is 51.7 Å². The van der Waals surface area contributed by atoms with Crippen molar-refractivity contribution >= 4 is 48.5 Å². The number of hydrogen-bond donors (Lipinski definition) is 0. The van der Waals surface area contributed by atoms with E-state index in [0.29, 0.717) is 17.2 Å². The minimum Gasteiger partial charge on any atom is -0.497 e. The Kier molecular flexibility index (Phi) is 5.43.